The molecule has 3 aromatic rings. The number of nitro groups is 2. The van der Waals surface area contributed by atoms with Crippen molar-refractivity contribution in [3.8, 4) is 0 Å². The van der Waals surface area contributed by atoms with Crippen LogP contribution in [0.25, 0.3) is 10.8 Å². The van der Waals surface area contributed by atoms with Crippen LogP contribution in [0.4, 0.5) is 22.7 Å². The third kappa shape index (κ3) is 2.60. The standard InChI is InChI=1S/C18H10N4O6/c23-17(11-5-4-9(21(25)26)8-15(11)22(27)28)19-13-6-7-14-16-10(13)2-1-3-12(16)18(24)20-14/h1-8H,(H,19,23)(H,20,24). The lowest BCUT2D eigenvalue weighted by molar-refractivity contribution is -0.394. The van der Waals surface area contributed by atoms with E-state index in [9.17, 15) is 29.8 Å². The van der Waals surface area contributed by atoms with Crippen molar-refractivity contribution in [2.45, 2.75) is 0 Å². The Morgan fingerprint density at radius 3 is 2.50 bits per heavy atom. The molecule has 0 fully saturated rings. The predicted octanol–water partition coefficient (Wildman–Crippen LogP) is 3.47. The average molecular weight is 378 g/mol. The highest BCUT2D eigenvalue weighted by atomic mass is 16.6. The molecule has 138 valence electrons. The summed E-state index contributed by atoms with van der Waals surface area (Å²) < 4.78 is 0. The van der Waals surface area contributed by atoms with Gasteiger partial charge in [0, 0.05) is 33.8 Å². The maximum atomic E-state index is 12.6. The Labute approximate surface area is 156 Å². The largest absolute Gasteiger partial charge is 0.321 e. The fraction of sp³-hybridized carbons (Fsp3) is 0. The molecule has 1 heterocycles. The van der Waals surface area contributed by atoms with Gasteiger partial charge in [-0.1, -0.05) is 12.1 Å². The molecule has 1 aliphatic heterocycles. The minimum absolute atomic E-state index is 0.255. The molecule has 0 atom stereocenters. The Hall–Kier alpha value is -4.34. The van der Waals surface area contributed by atoms with Crippen LogP contribution < -0.4 is 10.6 Å². The first-order valence-electron chi connectivity index (χ1n) is 7.98. The molecule has 0 saturated heterocycles. The second-order valence-electron chi connectivity index (χ2n) is 6.01. The Morgan fingerprint density at radius 2 is 1.79 bits per heavy atom. The third-order valence-electron chi connectivity index (χ3n) is 4.42. The number of carbonyl (C=O) groups is 2. The van der Waals surface area contributed by atoms with Crippen LogP contribution >= 0.6 is 0 Å². The first-order chi connectivity index (χ1) is 13.4. The van der Waals surface area contributed by atoms with E-state index in [1.807, 2.05) is 0 Å². The normalized spacial score (nSPS) is 11.9. The van der Waals surface area contributed by atoms with E-state index < -0.39 is 27.1 Å². The highest BCUT2D eigenvalue weighted by Gasteiger charge is 2.26. The molecule has 2 N–H and O–H groups in total. The van der Waals surface area contributed by atoms with Crippen molar-refractivity contribution >= 4 is 45.3 Å². The van der Waals surface area contributed by atoms with Crippen LogP contribution in [0.5, 0.6) is 0 Å². The Morgan fingerprint density at radius 1 is 1.00 bits per heavy atom. The lowest BCUT2D eigenvalue weighted by Crippen LogP contribution is -2.14. The number of benzene rings is 3. The predicted molar refractivity (Wildman–Crippen MR) is 99.6 cm³/mol. The SMILES string of the molecule is O=C(Nc1ccc2c3c(cccc13)C(=O)N2)c1ccc([N+](=O)[O-])cc1[N+](=O)[O-]. The zero-order valence-electron chi connectivity index (χ0n) is 14.0. The van der Waals surface area contributed by atoms with Crippen molar-refractivity contribution in [2.24, 2.45) is 0 Å². The molecule has 0 unspecified atom stereocenters. The number of nitrogens with one attached hydrogen (secondary N) is 2. The molecule has 0 saturated carbocycles. The maximum absolute atomic E-state index is 12.6. The summed E-state index contributed by atoms with van der Waals surface area (Å²) in [7, 11) is 0. The summed E-state index contributed by atoms with van der Waals surface area (Å²) in [6.45, 7) is 0. The van der Waals surface area contributed by atoms with E-state index in [-0.39, 0.29) is 11.5 Å². The van der Waals surface area contributed by atoms with Gasteiger partial charge in [0.2, 0.25) is 0 Å². The summed E-state index contributed by atoms with van der Waals surface area (Å²) in [5.74, 6) is -1.05. The van der Waals surface area contributed by atoms with Gasteiger partial charge in [-0.2, -0.15) is 0 Å². The summed E-state index contributed by atoms with van der Waals surface area (Å²) in [4.78, 5) is 45.1. The van der Waals surface area contributed by atoms with Gasteiger partial charge >= 0.3 is 0 Å². The van der Waals surface area contributed by atoms with Gasteiger partial charge in [-0.3, -0.25) is 29.8 Å². The minimum atomic E-state index is -0.849. The van der Waals surface area contributed by atoms with Crippen molar-refractivity contribution in [2.75, 3.05) is 10.6 Å². The first-order valence-corrected chi connectivity index (χ1v) is 7.98. The van der Waals surface area contributed by atoms with Crippen molar-refractivity contribution in [3.05, 3.63) is 79.9 Å². The monoisotopic (exact) mass is 378 g/mol. The molecule has 10 nitrogen and oxygen atoms in total. The highest BCUT2D eigenvalue weighted by Crippen LogP contribution is 2.37. The van der Waals surface area contributed by atoms with Crippen LogP contribution in [-0.4, -0.2) is 21.7 Å². The van der Waals surface area contributed by atoms with Gasteiger partial charge in [0.05, 0.1) is 15.9 Å². The van der Waals surface area contributed by atoms with Crippen LogP contribution in [0.2, 0.25) is 0 Å². The van der Waals surface area contributed by atoms with Gasteiger partial charge in [-0.05, 0) is 24.3 Å². The maximum Gasteiger partial charge on any atom is 0.289 e. The van der Waals surface area contributed by atoms with Crippen LogP contribution in [0.3, 0.4) is 0 Å². The zero-order valence-corrected chi connectivity index (χ0v) is 14.0. The van der Waals surface area contributed by atoms with Crippen LogP contribution in [-0.2, 0) is 0 Å². The number of nitro benzene ring substituents is 2. The van der Waals surface area contributed by atoms with Crippen molar-refractivity contribution in [1.29, 1.82) is 0 Å². The lowest BCUT2D eigenvalue weighted by Gasteiger charge is -2.10. The number of carbonyl (C=O) groups excluding carboxylic acids is 2. The smallest absolute Gasteiger partial charge is 0.289 e. The van der Waals surface area contributed by atoms with Gasteiger partial charge in [0.15, 0.2) is 0 Å². The van der Waals surface area contributed by atoms with E-state index in [4.69, 9.17) is 0 Å². The quantitative estimate of drug-likeness (QED) is 0.525. The molecule has 2 amide bonds. The lowest BCUT2D eigenvalue weighted by atomic mass is 10.0. The van der Waals surface area contributed by atoms with E-state index >= 15 is 0 Å². The molecule has 10 heteroatoms. The molecular weight excluding hydrogens is 368 g/mol. The molecule has 28 heavy (non-hydrogen) atoms. The number of anilines is 2. The molecule has 0 bridgehead atoms. The molecule has 3 aromatic carbocycles. The van der Waals surface area contributed by atoms with E-state index in [0.717, 1.165) is 18.2 Å². The molecule has 1 aliphatic rings. The van der Waals surface area contributed by atoms with Gasteiger partial charge in [-0.15, -0.1) is 0 Å². The topological polar surface area (TPSA) is 144 Å². The molecule has 0 aliphatic carbocycles. The van der Waals surface area contributed by atoms with E-state index in [0.29, 0.717) is 27.7 Å². The first kappa shape index (κ1) is 17.1. The van der Waals surface area contributed by atoms with Crippen LogP contribution in [0.1, 0.15) is 20.7 Å². The fourth-order valence-electron chi connectivity index (χ4n) is 3.17. The van der Waals surface area contributed by atoms with Gasteiger partial charge in [0.25, 0.3) is 23.2 Å². The number of nitrogens with zero attached hydrogens (tertiary/aromatic N) is 2. The van der Waals surface area contributed by atoms with Crippen molar-refractivity contribution in [3.63, 3.8) is 0 Å². The number of rotatable bonds is 4. The van der Waals surface area contributed by atoms with Crippen LogP contribution in [0, 0.1) is 20.2 Å². The van der Waals surface area contributed by atoms with Crippen molar-refractivity contribution < 1.29 is 19.4 Å². The van der Waals surface area contributed by atoms with Gasteiger partial charge in [0.1, 0.15) is 5.56 Å². The van der Waals surface area contributed by atoms with E-state index in [2.05, 4.69) is 10.6 Å². The molecule has 4 rings (SSSR count). The molecule has 0 spiro atoms. The number of hydrogen-bond acceptors (Lipinski definition) is 6. The molecule has 0 aromatic heterocycles. The minimum Gasteiger partial charge on any atom is -0.321 e. The molecule has 0 radical (unpaired) electrons. The Bertz CT molecular complexity index is 1220. The molecular formula is C18H10N4O6. The summed E-state index contributed by atoms with van der Waals surface area (Å²) in [6, 6.07) is 11.0. The summed E-state index contributed by atoms with van der Waals surface area (Å²) in [6.07, 6.45) is 0. The average Bonchev–Trinajstić information content (AvgIpc) is 3.00. The third-order valence-corrected chi connectivity index (χ3v) is 4.42. The summed E-state index contributed by atoms with van der Waals surface area (Å²) in [5, 5.41) is 28.6. The highest BCUT2D eigenvalue weighted by molar-refractivity contribution is 6.26. The summed E-state index contributed by atoms with van der Waals surface area (Å²) in [5.41, 5.74) is -0.0460. The Balaban J connectivity index is 1.76. The fourth-order valence-corrected chi connectivity index (χ4v) is 3.17. The van der Waals surface area contributed by atoms with Crippen LogP contribution in [0.15, 0.2) is 48.5 Å². The van der Waals surface area contributed by atoms with Gasteiger partial charge < -0.3 is 10.6 Å². The number of amides is 2. The van der Waals surface area contributed by atoms with Gasteiger partial charge in [-0.25, -0.2) is 0 Å². The number of hydrogen-bond donors (Lipinski definition) is 2. The van der Waals surface area contributed by atoms with E-state index in [1.54, 1.807) is 30.3 Å². The Kier molecular flexibility index (Phi) is 3.74. The zero-order chi connectivity index (χ0) is 20.0. The van der Waals surface area contributed by atoms with E-state index in [1.165, 1.54) is 0 Å². The second kappa shape index (κ2) is 6.13. The number of non-ortho nitro benzene ring substituents is 1. The van der Waals surface area contributed by atoms with Crippen molar-refractivity contribution in [1.82, 2.24) is 0 Å². The second-order valence-corrected chi connectivity index (χ2v) is 6.01. The summed E-state index contributed by atoms with van der Waals surface area (Å²) >= 11 is 0.